The van der Waals surface area contributed by atoms with Crippen molar-refractivity contribution in [3.8, 4) is 0 Å². The molecule has 0 bridgehead atoms. The first-order valence-corrected chi connectivity index (χ1v) is 8.27. The van der Waals surface area contributed by atoms with Gasteiger partial charge in [0.1, 0.15) is 0 Å². The van der Waals surface area contributed by atoms with Crippen molar-refractivity contribution in [2.24, 2.45) is 5.73 Å². The van der Waals surface area contributed by atoms with Crippen LogP contribution in [0, 0.1) is 0 Å². The molecular weight excluding hydrogens is 236 g/mol. The van der Waals surface area contributed by atoms with Crippen LogP contribution in [0.4, 0.5) is 0 Å². The number of unbranched alkanes of at least 4 members (excludes halogenated alkanes) is 8. The molecule has 0 unspecified atom stereocenters. The van der Waals surface area contributed by atoms with Crippen LogP contribution < -0.4 is 5.73 Å². The molecule has 0 spiro atoms. The zero-order chi connectivity index (χ0) is 13.9. The number of rotatable bonds is 10. The molecule has 0 aromatic carbocycles. The highest BCUT2D eigenvalue weighted by atomic mass is 16.2. The summed E-state index contributed by atoms with van der Waals surface area (Å²) >= 11 is 0. The first-order valence-electron chi connectivity index (χ1n) is 8.27. The van der Waals surface area contributed by atoms with Crippen LogP contribution in [0.25, 0.3) is 0 Å². The van der Waals surface area contributed by atoms with Crippen molar-refractivity contribution in [2.75, 3.05) is 13.1 Å². The summed E-state index contributed by atoms with van der Waals surface area (Å²) < 4.78 is 0. The highest BCUT2D eigenvalue weighted by Crippen LogP contribution is 2.13. The molecule has 3 nitrogen and oxygen atoms in total. The number of hydrogen-bond acceptors (Lipinski definition) is 2. The van der Waals surface area contributed by atoms with Crippen LogP contribution in [-0.2, 0) is 4.79 Å². The Bertz CT molecular complexity index is 243. The molecule has 0 aromatic heterocycles. The summed E-state index contributed by atoms with van der Waals surface area (Å²) in [4.78, 5) is 13.8. The fraction of sp³-hybridized carbons (Fsp3) is 0.938. The molecule has 1 heterocycles. The Kier molecular flexibility index (Phi) is 8.89. The molecular formula is C16H32N2O. The standard InChI is InChI=1S/C16H32N2O/c1-2-3-4-5-6-7-8-9-10-11-16(19)18-13-12-15(17)14-18/h15H,2-14,17H2,1H3/t15-/m0/s1. The molecule has 1 atom stereocenters. The molecule has 1 aliphatic heterocycles. The normalized spacial score (nSPS) is 19.1. The van der Waals surface area contributed by atoms with E-state index in [-0.39, 0.29) is 6.04 Å². The van der Waals surface area contributed by atoms with Crippen molar-refractivity contribution < 1.29 is 4.79 Å². The van der Waals surface area contributed by atoms with E-state index in [1.807, 2.05) is 4.90 Å². The molecule has 3 heteroatoms. The third kappa shape index (κ3) is 7.56. The fourth-order valence-electron chi connectivity index (χ4n) is 2.76. The molecule has 1 fully saturated rings. The zero-order valence-corrected chi connectivity index (χ0v) is 12.7. The Morgan fingerprint density at radius 1 is 1.05 bits per heavy atom. The summed E-state index contributed by atoms with van der Waals surface area (Å²) in [5.41, 5.74) is 5.81. The van der Waals surface area contributed by atoms with Crippen molar-refractivity contribution in [1.82, 2.24) is 4.90 Å². The van der Waals surface area contributed by atoms with Gasteiger partial charge in [0.2, 0.25) is 5.91 Å². The van der Waals surface area contributed by atoms with Crippen LogP contribution in [0.1, 0.15) is 77.6 Å². The van der Waals surface area contributed by atoms with E-state index in [1.54, 1.807) is 0 Å². The minimum atomic E-state index is 0.215. The van der Waals surface area contributed by atoms with Gasteiger partial charge >= 0.3 is 0 Å². The van der Waals surface area contributed by atoms with Gasteiger partial charge in [0.15, 0.2) is 0 Å². The van der Waals surface area contributed by atoms with Gasteiger partial charge in [-0.3, -0.25) is 4.79 Å². The lowest BCUT2D eigenvalue weighted by Crippen LogP contribution is -2.31. The van der Waals surface area contributed by atoms with Crippen LogP contribution in [-0.4, -0.2) is 29.9 Å². The van der Waals surface area contributed by atoms with E-state index in [9.17, 15) is 4.79 Å². The number of likely N-dealkylation sites (tertiary alicyclic amines) is 1. The number of carbonyl (C=O) groups is 1. The Morgan fingerprint density at radius 2 is 1.63 bits per heavy atom. The SMILES string of the molecule is CCCCCCCCCCCC(=O)N1CC[C@H](N)C1. The van der Waals surface area contributed by atoms with E-state index in [2.05, 4.69) is 6.92 Å². The van der Waals surface area contributed by atoms with E-state index in [0.29, 0.717) is 5.91 Å². The number of hydrogen-bond donors (Lipinski definition) is 1. The molecule has 0 radical (unpaired) electrons. The molecule has 1 amide bonds. The van der Waals surface area contributed by atoms with Gasteiger partial charge < -0.3 is 10.6 Å². The van der Waals surface area contributed by atoms with Gasteiger partial charge in [-0.2, -0.15) is 0 Å². The van der Waals surface area contributed by atoms with Crippen LogP contribution in [0.5, 0.6) is 0 Å². The van der Waals surface area contributed by atoms with Crippen molar-refractivity contribution in [3.05, 3.63) is 0 Å². The topological polar surface area (TPSA) is 46.3 Å². The van der Waals surface area contributed by atoms with Crippen molar-refractivity contribution in [3.63, 3.8) is 0 Å². The van der Waals surface area contributed by atoms with Gasteiger partial charge in [-0.25, -0.2) is 0 Å². The molecule has 1 rings (SSSR count). The fourth-order valence-corrected chi connectivity index (χ4v) is 2.76. The van der Waals surface area contributed by atoms with Crippen LogP contribution in [0.15, 0.2) is 0 Å². The van der Waals surface area contributed by atoms with E-state index in [1.165, 1.54) is 51.4 Å². The summed E-state index contributed by atoms with van der Waals surface area (Å²) in [6, 6.07) is 0.215. The second kappa shape index (κ2) is 10.2. The monoisotopic (exact) mass is 268 g/mol. The molecule has 2 N–H and O–H groups in total. The van der Waals surface area contributed by atoms with Gasteiger partial charge in [-0.15, -0.1) is 0 Å². The van der Waals surface area contributed by atoms with Crippen molar-refractivity contribution >= 4 is 5.91 Å². The van der Waals surface area contributed by atoms with Crippen LogP contribution in [0.3, 0.4) is 0 Å². The largest absolute Gasteiger partial charge is 0.341 e. The average molecular weight is 268 g/mol. The number of amides is 1. The van der Waals surface area contributed by atoms with Crippen LogP contribution >= 0.6 is 0 Å². The lowest BCUT2D eigenvalue weighted by molar-refractivity contribution is -0.130. The summed E-state index contributed by atoms with van der Waals surface area (Å²) in [5.74, 6) is 0.316. The number of nitrogens with two attached hydrogens (primary N) is 1. The maximum atomic E-state index is 11.9. The van der Waals surface area contributed by atoms with Gasteiger partial charge in [0.05, 0.1) is 0 Å². The first kappa shape index (κ1) is 16.5. The Morgan fingerprint density at radius 3 is 2.16 bits per heavy atom. The minimum absolute atomic E-state index is 0.215. The second-order valence-corrected chi connectivity index (χ2v) is 5.97. The summed E-state index contributed by atoms with van der Waals surface area (Å²) in [7, 11) is 0. The molecule has 0 saturated carbocycles. The number of nitrogens with zero attached hydrogens (tertiary/aromatic N) is 1. The summed E-state index contributed by atoms with van der Waals surface area (Å²) in [6.07, 6.45) is 13.4. The molecule has 112 valence electrons. The van der Waals surface area contributed by atoms with E-state index in [4.69, 9.17) is 5.73 Å². The van der Waals surface area contributed by atoms with Gasteiger partial charge in [-0.1, -0.05) is 58.3 Å². The van der Waals surface area contributed by atoms with Gasteiger partial charge in [-0.05, 0) is 12.8 Å². The van der Waals surface area contributed by atoms with Crippen molar-refractivity contribution in [1.29, 1.82) is 0 Å². The molecule has 0 aromatic rings. The minimum Gasteiger partial charge on any atom is -0.341 e. The molecule has 1 aliphatic rings. The van der Waals surface area contributed by atoms with Gasteiger partial charge in [0, 0.05) is 25.6 Å². The first-order chi connectivity index (χ1) is 9.24. The maximum Gasteiger partial charge on any atom is 0.222 e. The quantitative estimate of drug-likeness (QED) is 0.617. The average Bonchev–Trinajstić information content (AvgIpc) is 2.83. The molecule has 0 aliphatic carbocycles. The third-order valence-electron chi connectivity index (χ3n) is 4.07. The second-order valence-electron chi connectivity index (χ2n) is 5.97. The Hall–Kier alpha value is -0.570. The molecule has 1 saturated heterocycles. The lowest BCUT2D eigenvalue weighted by Gasteiger charge is -2.15. The Balaban J connectivity index is 1.86. The maximum absolute atomic E-state index is 11.9. The highest BCUT2D eigenvalue weighted by molar-refractivity contribution is 5.76. The summed E-state index contributed by atoms with van der Waals surface area (Å²) in [5, 5.41) is 0. The lowest BCUT2D eigenvalue weighted by atomic mass is 10.1. The van der Waals surface area contributed by atoms with E-state index in [0.717, 1.165) is 32.4 Å². The number of carbonyl (C=O) groups excluding carboxylic acids is 1. The van der Waals surface area contributed by atoms with E-state index < -0.39 is 0 Å². The van der Waals surface area contributed by atoms with Gasteiger partial charge in [0.25, 0.3) is 0 Å². The molecule has 19 heavy (non-hydrogen) atoms. The Labute approximate surface area is 118 Å². The third-order valence-corrected chi connectivity index (χ3v) is 4.07. The van der Waals surface area contributed by atoms with Crippen LogP contribution in [0.2, 0.25) is 0 Å². The predicted octanol–water partition coefficient (Wildman–Crippen LogP) is 3.47. The van der Waals surface area contributed by atoms with E-state index >= 15 is 0 Å². The highest BCUT2D eigenvalue weighted by Gasteiger charge is 2.22. The van der Waals surface area contributed by atoms with Crippen molar-refractivity contribution in [2.45, 2.75) is 83.6 Å². The smallest absolute Gasteiger partial charge is 0.222 e. The zero-order valence-electron chi connectivity index (χ0n) is 12.7. The predicted molar refractivity (Wildman–Crippen MR) is 81.0 cm³/mol. The summed E-state index contributed by atoms with van der Waals surface area (Å²) in [6.45, 7) is 3.90.